The average Bonchev–Trinajstić information content (AvgIpc) is 3.17. The molecule has 1 atom stereocenters. The Bertz CT molecular complexity index is 543. The molecule has 1 N–H and O–H groups in total. The van der Waals surface area contributed by atoms with E-state index in [0.717, 1.165) is 11.7 Å². The normalized spacial score (nSPS) is 19.0. The molecule has 106 valence electrons. The van der Waals surface area contributed by atoms with E-state index in [2.05, 4.69) is 20.4 Å². The Balaban J connectivity index is 1.52. The molecule has 0 bridgehead atoms. The molecule has 1 amide bonds. The van der Waals surface area contributed by atoms with E-state index in [1.807, 2.05) is 0 Å². The monoisotopic (exact) mass is 294 g/mol. The third-order valence-corrected chi connectivity index (χ3v) is 3.78. The highest BCUT2D eigenvalue weighted by molar-refractivity contribution is 7.13. The maximum Gasteiger partial charge on any atom is 0.254 e. The molecular formula is C12H14N4O3S. The Labute approximate surface area is 119 Å². The van der Waals surface area contributed by atoms with Gasteiger partial charge in [0, 0.05) is 19.6 Å². The largest absolute Gasteiger partial charge is 0.472 e. The second-order valence-electron chi connectivity index (χ2n) is 4.38. The summed E-state index contributed by atoms with van der Waals surface area (Å²) in [6.07, 6.45) is 2.84. The number of aromatic nitrogens is 2. The number of morpholine rings is 1. The number of carbonyl (C=O) groups is 1. The van der Waals surface area contributed by atoms with E-state index in [9.17, 15) is 4.79 Å². The topological polar surface area (TPSA) is 80.5 Å². The van der Waals surface area contributed by atoms with Crippen molar-refractivity contribution in [3.8, 4) is 0 Å². The number of amides is 1. The summed E-state index contributed by atoms with van der Waals surface area (Å²) in [6.45, 7) is 2.56. The Morgan fingerprint density at radius 3 is 3.30 bits per heavy atom. The Morgan fingerprint density at radius 2 is 2.55 bits per heavy atom. The molecule has 0 aliphatic carbocycles. The smallest absolute Gasteiger partial charge is 0.254 e. The van der Waals surface area contributed by atoms with Crippen molar-refractivity contribution >= 4 is 22.4 Å². The fourth-order valence-corrected chi connectivity index (χ4v) is 2.62. The maximum atomic E-state index is 11.8. The number of nitrogens with one attached hydrogen (secondary N) is 1. The van der Waals surface area contributed by atoms with Gasteiger partial charge in [0.2, 0.25) is 5.13 Å². The van der Waals surface area contributed by atoms with E-state index in [0.29, 0.717) is 25.3 Å². The molecule has 2 aromatic heterocycles. The molecule has 1 fully saturated rings. The summed E-state index contributed by atoms with van der Waals surface area (Å²) in [5, 5.41) is 11.6. The number of ether oxygens (including phenoxy) is 1. The minimum Gasteiger partial charge on any atom is -0.472 e. The number of anilines is 1. The quantitative estimate of drug-likeness (QED) is 0.897. The second-order valence-corrected chi connectivity index (χ2v) is 5.19. The van der Waals surface area contributed by atoms with Gasteiger partial charge in [0.25, 0.3) is 5.91 Å². The lowest BCUT2D eigenvalue weighted by Crippen LogP contribution is -2.47. The van der Waals surface area contributed by atoms with Crippen LogP contribution in [-0.4, -0.2) is 48.4 Å². The fraction of sp³-hybridized carbons (Fsp3) is 0.417. The molecule has 3 rings (SSSR count). The zero-order valence-electron chi connectivity index (χ0n) is 10.7. The molecule has 1 aliphatic heterocycles. The van der Waals surface area contributed by atoms with E-state index in [-0.39, 0.29) is 12.0 Å². The van der Waals surface area contributed by atoms with Crippen LogP contribution in [0.2, 0.25) is 0 Å². The minimum absolute atomic E-state index is 0.0523. The van der Waals surface area contributed by atoms with Gasteiger partial charge in [-0.1, -0.05) is 11.3 Å². The van der Waals surface area contributed by atoms with Gasteiger partial charge in [0.1, 0.15) is 11.8 Å². The van der Waals surface area contributed by atoms with Crippen LogP contribution >= 0.6 is 11.3 Å². The highest BCUT2D eigenvalue weighted by Crippen LogP contribution is 2.18. The lowest BCUT2D eigenvalue weighted by atomic mass is 10.2. The number of carbonyl (C=O) groups excluding carboxylic acids is 1. The minimum atomic E-state index is -0.157. The second kappa shape index (κ2) is 6.02. The van der Waals surface area contributed by atoms with Crippen LogP contribution in [0.1, 0.15) is 10.4 Å². The van der Waals surface area contributed by atoms with Crippen molar-refractivity contribution in [1.82, 2.24) is 15.5 Å². The molecule has 3 heterocycles. The molecule has 0 aromatic carbocycles. The number of hydrogen-bond acceptors (Lipinski definition) is 7. The summed E-state index contributed by atoms with van der Waals surface area (Å²) in [5.74, 6) is -0.157. The van der Waals surface area contributed by atoms with Gasteiger partial charge in [0.05, 0.1) is 24.5 Å². The molecule has 1 unspecified atom stereocenters. The van der Waals surface area contributed by atoms with Gasteiger partial charge in [-0.25, -0.2) is 0 Å². The third-order valence-electron chi connectivity index (χ3n) is 3.03. The van der Waals surface area contributed by atoms with Gasteiger partial charge in [0.15, 0.2) is 0 Å². The maximum absolute atomic E-state index is 11.8. The van der Waals surface area contributed by atoms with Gasteiger partial charge < -0.3 is 19.4 Å². The van der Waals surface area contributed by atoms with Gasteiger partial charge in [-0.3, -0.25) is 4.79 Å². The Hall–Kier alpha value is -1.93. The molecule has 2 aromatic rings. The van der Waals surface area contributed by atoms with E-state index in [1.54, 1.807) is 11.6 Å². The van der Waals surface area contributed by atoms with Crippen molar-refractivity contribution in [2.24, 2.45) is 0 Å². The van der Waals surface area contributed by atoms with Crippen LogP contribution in [0.4, 0.5) is 5.13 Å². The number of hydrogen-bond donors (Lipinski definition) is 1. The van der Waals surface area contributed by atoms with Crippen LogP contribution in [0.25, 0.3) is 0 Å². The number of rotatable bonds is 4. The fourth-order valence-electron chi connectivity index (χ4n) is 2.02. The van der Waals surface area contributed by atoms with Crippen molar-refractivity contribution in [2.45, 2.75) is 6.10 Å². The molecule has 1 saturated heterocycles. The molecular weight excluding hydrogens is 280 g/mol. The molecule has 8 heteroatoms. The zero-order chi connectivity index (χ0) is 13.8. The summed E-state index contributed by atoms with van der Waals surface area (Å²) >= 11 is 1.50. The van der Waals surface area contributed by atoms with Crippen molar-refractivity contribution < 1.29 is 13.9 Å². The first kappa shape index (κ1) is 13.1. The van der Waals surface area contributed by atoms with E-state index >= 15 is 0 Å². The highest BCUT2D eigenvalue weighted by atomic mass is 32.1. The van der Waals surface area contributed by atoms with Crippen molar-refractivity contribution in [3.05, 3.63) is 29.7 Å². The van der Waals surface area contributed by atoms with Gasteiger partial charge in [-0.15, -0.1) is 10.2 Å². The summed E-state index contributed by atoms with van der Waals surface area (Å²) in [5.41, 5.74) is 2.22. The molecule has 0 radical (unpaired) electrons. The molecule has 7 nitrogen and oxygen atoms in total. The first-order valence-electron chi connectivity index (χ1n) is 6.26. The van der Waals surface area contributed by atoms with Crippen LogP contribution < -0.4 is 10.2 Å². The molecule has 0 saturated carbocycles. The van der Waals surface area contributed by atoms with Gasteiger partial charge >= 0.3 is 0 Å². The Kier molecular flexibility index (Phi) is 3.93. The lowest BCUT2D eigenvalue weighted by Gasteiger charge is -2.32. The lowest BCUT2D eigenvalue weighted by molar-refractivity contribution is 0.0396. The zero-order valence-corrected chi connectivity index (χ0v) is 11.5. The van der Waals surface area contributed by atoms with Crippen molar-refractivity contribution in [2.75, 3.05) is 31.1 Å². The van der Waals surface area contributed by atoms with Gasteiger partial charge in [-0.05, 0) is 6.07 Å². The summed E-state index contributed by atoms with van der Waals surface area (Å²) < 4.78 is 10.5. The van der Waals surface area contributed by atoms with E-state index < -0.39 is 0 Å². The van der Waals surface area contributed by atoms with Crippen molar-refractivity contribution in [1.29, 1.82) is 0 Å². The van der Waals surface area contributed by atoms with E-state index in [1.165, 1.54) is 23.9 Å². The van der Waals surface area contributed by atoms with Crippen LogP contribution in [0.5, 0.6) is 0 Å². The van der Waals surface area contributed by atoms with Gasteiger partial charge in [-0.2, -0.15) is 0 Å². The highest BCUT2D eigenvalue weighted by Gasteiger charge is 2.23. The summed E-state index contributed by atoms with van der Waals surface area (Å²) in [6, 6.07) is 1.63. The summed E-state index contributed by atoms with van der Waals surface area (Å²) in [4.78, 5) is 13.9. The first-order valence-corrected chi connectivity index (χ1v) is 7.14. The van der Waals surface area contributed by atoms with Crippen LogP contribution in [-0.2, 0) is 4.74 Å². The standard InChI is InChI=1S/C12H14N4O3S/c17-11(9-1-3-18-7-9)13-5-10-6-16(2-4-19-10)12-15-14-8-20-12/h1,3,7-8,10H,2,4-6H2,(H,13,17). The van der Waals surface area contributed by atoms with Crippen LogP contribution in [0.3, 0.4) is 0 Å². The molecule has 0 spiro atoms. The predicted molar refractivity (Wildman–Crippen MR) is 72.9 cm³/mol. The van der Waals surface area contributed by atoms with Crippen LogP contribution in [0.15, 0.2) is 28.5 Å². The van der Waals surface area contributed by atoms with Crippen LogP contribution in [0, 0.1) is 0 Å². The number of furan rings is 1. The molecule has 1 aliphatic rings. The molecule has 20 heavy (non-hydrogen) atoms. The third kappa shape index (κ3) is 2.97. The number of nitrogens with zero attached hydrogens (tertiary/aromatic N) is 3. The van der Waals surface area contributed by atoms with E-state index in [4.69, 9.17) is 9.15 Å². The predicted octanol–water partition coefficient (Wildman–Crippen LogP) is 0.766. The Morgan fingerprint density at radius 1 is 1.60 bits per heavy atom. The summed E-state index contributed by atoms with van der Waals surface area (Å²) in [7, 11) is 0. The SMILES string of the molecule is O=C(NCC1CN(c2nncs2)CCO1)c1ccoc1. The van der Waals surface area contributed by atoms with Crippen molar-refractivity contribution in [3.63, 3.8) is 0 Å². The average molecular weight is 294 g/mol. The first-order chi connectivity index (χ1) is 9.83.